The molecule has 0 aromatic rings. The molecular formula is C12H25NO. The molecule has 1 fully saturated rings. The number of hydrogen-bond donors (Lipinski definition) is 1. The first-order valence-corrected chi connectivity index (χ1v) is 5.91. The van der Waals surface area contributed by atoms with Crippen LogP contribution >= 0.6 is 0 Å². The van der Waals surface area contributed by atoms with Crippen molar-refractivity contribution in [1.29, 1.82) is 0 Å². The molecule has 1 aliphatic heterocycles. The maximum Gasteiger partial charge on any atom is 0.0701 e. The van der Waals surface area contributed by atoms with E-state index in [9.17, 15) is 0 Å². The highest BCUT2D eigenvalue weighted by Gasteiger charge is 2.34. The Bertz CT molecular complexity index is 168. The van der Waals surface area contributed by atoms with Gasteiger partial charge in [-0.25, -0.2) is 0 Å². The SMILES string of the molecule is CC(C)C1CCC(CN)OC1C(C)C. The van der Waals surface area contributed by atoms with Crippen molar-refractivity contribution in [1.82, 2.24) is 0 Å². The summed E-state index contributed by atoms with van der Waals surface area (Å²) in [5.74, 6) is 2.05. The third kappa shape index (κ3) is 2.71. The van der Waals surface area contributed by atoms with Crippen LogP contribution in [0.15, 0.2) is 0 Å². The third-order valence-electron chi connectivity index (χ3n) is 3.37. The van der Waals surface area contributed by atoms with Crippen LogP contribution < -0.4 is 5.73 Å². The Kier molecular flexibility index (Phi) is 4.39. The van der Waals surface area contributed by atoms with Gasteiger partial charge in [0, 0.05) is 6.54 Å². The largest absolute Gasteiger partial charge is 0.373 e. The second-order valence-electron chi connectivity index (χ2n) is 5.19. The lowest BCUT2D eigenvalue weighted by Crippen LogP contribution is -2.43. The molecule has 1 heterocycles. The first-order valence-electron chi connectivity index (χ1n) is 5.91. The quantitative estimate of drug-likeness (QED) is 0.757. The van der Waals surface area contributed by atoms with Gasteiger partial charge < -0.3 is 10.5 Å². The van der Waals surface area contributed by atoms with Crippen LogP contribution in [-0.4, -0.2) is 18.8 Å². The van der Waals surface area contributed by atoms with E-state index in [2.05, 4.69) is 27.7 Å². The Morgan fingerprint density at radius 2 is 1.79 bits per heavy atom. The Morgan fingerprint density at radius 1 is 1.14 bits per heavy atom. The van der Waals surface area contributed by atoms with Gasteiger partial charge in [-0.15, -0.1) is 0 Å². The first-order chi connectivity index (χ1) is 6.56. The van der Waals surface area contributed by atoms with Crippen LogP contribution in [0.25, 0.3) is 0 Å². The molecule has 84 valence electrons. The van der Waals surface area contributed by atoms with E-state index in [1.165, 1.54) is 6.42 Å². The molecule has 0 aromatic carbocycles. The van der Waals surface area contributed by atoms with Crippen LogP contribution in [0.5, 0.6) is 0 Å². The lowest BCUT2D eigenvalue weighted by Gasteiger charge is -2.40. The number of hydrogen-bond acceptors (Lipinski definition) is 2. The number of nitrogens with two attached hydrogens (primary N) is 1. The van der Waals surface area contributed by atoms with E-state index >= 15 is 0 Å². The van der Waals surface area contributed by atoms with Crippen LogP contribution in [0.2, 0.25) is 0 Å². The minimum absolute atomic E-state index is 0.303. The van der Waals surface area contributed by atoms with Crippen molar-refractivity contribution in [3.8, 4) is 0 Å². The zero-order valence-corrected chi connectivity index (χ0v) is 9.99. The topological polar surface area (TPSA) is 35.2 Å². The Hall–Kier alpha value is -0.0800. The maximum absolute atomic E-state index is 6.05. The monoisotopic (exact) mass is 199 g/mol. The molecular weight excluding hydrogens is 174 g/mol. The van der Waals surface area contributed by atoms with Crippen LogP contribution in [0.4, 0.5) is 0 Å². The first kappa shape index (κ1) is 12.0. The van der Waals surface area contributed by atoms with Crippen molar-refractivity contribution in [2.75, 3.05) is 6.54 Å². The van der Waals surface area contributed by atoms with Gasteiger partial charge in [0.05, 0.1) is 12.2 Å². The summed E-state index contributed by atoms with van der Waals surface area (Å²) >= 11 is 0. The molecule has 0 bridgehead atoms. The highest BCUT2D eigenvalue weighted by Crippen LogP contribution is 2.34. The number of rotatable bonds is 3. The average Bonchev–Trinajstić information content (AvgIpc) is 2.16. The van der Waals surface area contributed by atoms with Gasteiger partial charge in [0.2, 0.25) is 0 Å². The van der Waals surface area contributed by atoms with Crippen molar-refractivity contribution >= 4 is 0 Å². The minimum atomic E-state index is 0.303. The molecule has 0 amide bonds. The van der Waals surface area contributed by atoms with Gasteiger partial charge in [0.25, 0.3) is 0 Å². The third-order valence-corrected chi connectivity index (χ3v) is 3.37. The zero-order chi connectivity index (χ0) is 10.7. The lowest BCUT2D eigenvalue weighted by molar-refractivity contribution is -0.110. The van der Waals surface area contributed by atoms with Gasteiger partial charge in [-0.05, 0) is 30.6 Å². The predicted octanol–water partition coefficient (Wildman–Crippen LogP) is 2.42. The molecule has 1 rings (SSSR count). The molecule has 2 N–H and O–H groups in total. The van der Waals surface area contributed by atoms with Crippen LogP contribution in [0.3, 0.4) is 0 Å². The summed E-state index contributed by atoms with van der Waals surface area (Å²) in [5.41, 5.74) is 5.66. The summed E-state index contributed by atoms with van der Waals surface area (Å²) in [6.07, 6.45) is 3.14. The van der Waals surface area contributed by atoms with Crippen LogP contribution in [0.1, 0.15) is 40.5 Å². The fourth-order valence-corrected chi connectivity index (χ4v) is 2.47. The molecule has 0 radical (unpaired) electrons. The van der Waals surface area contributed by atoms with E-state index < -0.39 is 0 Å². The average molecular weight is 199 g/mol. The fourth-order valence-electron chi connectivity index (χ4n) is 2.47. The second-order valence-corrected chi connectivity index (χ2v) is 5.19. The summed E-state index contributed by atoms with van der Waals surface area (Å²) in [6.45, 7) is 9.77. The summed E-state index contributed by atoms with van der Waals surface area (Å²) in [5, 5.41) is 0. The molecule has 0 spiro atoms. The molecule has 2 nitrogen and oxygen atoms in total. The van der Waals surface area contributed by atoms with Gasteiger partial charge in [-0.1, -0.05) is 27.7 Å². The van der Waals surface area contributed by atoms with Gasteiger partial charge in [0.1, 0.15) is 0 Å². The molecule has 3 unspecified atom stereocenters. The zero-order valence-electron chi connectivity index (χ0n) is 9.99. The van der Waals surface area contributed by atoms with E-state index in [1.54, 1.807) is 0 Å². The molecule has 1 aliphatic rings. The predicted molar refractivity (Wildman–Crippen MR) is 60.1 cm³/mol. The summed E-state index contributed by atoms with van der Waals surface area (Å²) in [7, 11) is 0. The normalized spacial score (nSPS) is 34.1. The van der Waals surface area contributed by atoms with Gasteiger partial charge in [0.15, 0.2) is 0 Å². The summed E-state index contributed by atoms with van der Waals surface area (Å²) in [4.78, 5) is 0. The summed E-state index contributed by atoms with van der Waals surface area (Å²) in [6, 6.07) is 0. The van der Waals surface area contributed by atoms with Crippen molar-refractivity contribution < 1.29 is 4.74 Å². The smallest absolute Gasteiger partial charge is 0.0701 e. The van der Waals surface area contributed by atoms with Gasteiger partial charge in [-0.2, -0.15) is 0 Å². The van der Waals surface area contributed by atoms with Crippen LogP contribution in [-0.2, 0) is 4.74 Å². The Balaban J connectivity index is 2.60. The standard InChI is InChI=1S/C12H25NO/c1-8(2)11-6-5-10(7-13)14-12(11)9(3)4/h8-12H,5-7,13H2,1-4H3. The molecule has 0 saturated carbocycles. The molecule has 0 aromatic heterocycles. The Labute approximate surface area is 88.2 Å². The van der Waals surface area contributed by atoms with E-state index in [4.69, 9.17) is 10.5 Å². The highest BCUT2D eigenvalue weighted by atomic mass is 16.5. The lowest BCUT2D eigenvalue weighted by atomic mass is 9.79. The van der Waals surface area contributed by atoms with E-state index in [0.717, 1.165) is 18.3 Å². The van der Waals surface area contributed by atoms with E-state index in [0.29, 0.717) is 24.7 Å². The Morgan fingerprint density at radius 3 is 2.21 bits per heavy atom. The number of ether oxygens (including phenoxy) is 1. The van der Waals surface area contributed by atoms with Crippen molar-refractivity contribution in [2.45, 2.75) is 52.7 Å². The van der Waals surface area contributed by atoms with Crippen molar-refractivity contribution in [3.63, 3.8) is 0 Å². The molecule has 3 atom stereocenters. The van der Waals surface area contributed by atoms with Crippen molar-refractivity contribution in [3.05, 3.63) is 0 Å². The highest BCUT2D eigenvalue weighted by molar-refractivity contribution is 4.83. The van der Waals surface area contributed by atoms with E-state index in [-0.39, 0.29) is 0 Å². The molecule has 1 saturated heterocycles. The van der Waals surface area contributed by atoms with Gasteiger partial charge in [-0.3, -0.25) is 0 Å². The van der Waals surface area contributed by atoms with E-state index in [1.807, 2.05) is 0 Å². The molecule has 0 aliphatic carbocycles. The molecule has 2 heteroatoms. The maximum atomic E-state index is 6.05. The van der Waals surface area contributed by atoms with Crippen molar-refractivity contribution in [2.24, 2.45) is 23.5 Å². The van der Waals surface area contributed by atoms with Gasteiger partial charge >= 0.3 is 0 Å². The molecule has 14 heavy (non-hydrogen) atoms. The fraction of sp³-hybridized carbons (Fsp3) is 1.00. The van der Waals surface area contributed by atoms with Crippen LogP contribution in [0, 0.1) is 17.8 Å². The minimum Gasteiger partial charge on any atom is -0.373 e. The second kappa shape index (κ2) is 5.13. The summed E-state index contributed by atoms with van der Waals surface area (Å²) < 4.78 is 6.05.